The third-order valence-electron chi connectivity index (χ3n) is 3.91. The first-order valence-corrected chi connectivity index (χ1v) is 6.63. The largest absolute Gasteiger partial charge is 0.416 e. The van der Waals surface area contributed by atoms with Crippen LogP contribution >= 0.6 is 0 Å². The van der Waals surface area contributed by atoms with Crippen molar-refractivity contribution < 1.29 is 22.4 Å². The van der Waals surface area contributed by atoms with Crippen molar-refractivity contribution in [3.8, 4) is 0 Å². The van der Waals surface area contributed by atoms with E-state index in [9.17, 15) is 22.4 Å². The van der Waals surface area contributed by atoms with Gasteiger partial charge in [0.05, 0.1) is 11.1 Å². The van der Waals surface area contributed by atoms with Gasteiger partial charge in [0.25, 0.3) is 5.91 Å². The molecule has 1 saturated heterocycles. The Labute approximate surface area is 119 Å². The number of amides is 1. The molecule has 3 nitrogen and oxygen atoms in total. The number of halogens is 4. The van der Waals surface area contributed by atoms with Crippen molar-refractivity contribution in [2.45, 2.75) is 25.6 Å². The molecule has 0 radical (unpaired) electrons. The number of benzene rings is 1. The van der Waals surface area contributed by atoms with Crippen LogP contribution in [0.4, 0.5) is 17.6 Å². The second kappa shape index (κ2) is 5.63. The Hall–Kier alpha value is -1.63. The van der Waals surface area contributed by atoms with Gasteiger partial charge in [-0.1, -0.05) is 6.92 Å². The van der Waals surface area contributed by atoms with Crippen LogP contribution in [0.2, 0.25) is 0 Å². The summed E-state index contributed by atoms with van der Waals surface area (Å²) in [7, 11) is 0. The van der Waals surface area contributed by atoms with E-state index in [0.717, 1.165) is 0 Å². The van der Waals surface area contributed by atoms with Gasteiger partial charge in [-0.05, 0) is 30.5 Å². The smallest absolute Gasteiger partial charge is 0.334 e. The van der Waals surface area contributed by atoms with Gasteiger partial charge >= 0.3 is 6.18 Å². The Morgan fingerprint density at radius 2 is 2.10 bits per heavy atom. The van der Waals surface area contributed by atoms with Crippen LogP contribution in [0.3, 0.4) is 0 Å². The molecule has 0 spiro atoms. The average Bonchev–Trinajstić information content (AvgIpc) is 2.78. The molecule has 2 rings (SSSR count). The monoisotopic (exact) mass is 304 g/mol. The summed E-state index contributed by atoms with van der Waals surface area (Å²) in [5, 5.41) is 0. The van der Waals surface area contributed by atoms with E-state index >= 15 is 0 Å². The lowest BCUT2D eigenvalue weighted by atomic mass is 10.0. The molecule has 2 N–H and O–H groups in total. The average molecular weight is 304 g/mol. The van der Waals surface area contributed by atoms with E-state index in [1.165, 1.54) is 4.90 Å². The van der Waals surface area contributed by atoms with E-state index in [0.29, 0.717) is 31.2 Å². The van der Waals surface area contributed by atoms with Gasteiger partial charge in [0.1, 0.15) is 5.82 Å². The fraction of sp³-hybridized carbons (Fsp3) is 0.500. The van der Waals surface area contributed by atoms with Crippen molar-refractivity contribution in [3.05, 3.63) is 35.1 Å². The van der Waals surface area contributed by atoms with Crippen molar-refractivity contribution >= 4 is 5.91 Å². The van der Waals surface area contributed by atoms with E-state index in [1.54, 1.807) is 0 Å². The zero-order chi connectivity index (χ0) is 15.8. The molecule has 1 heterocycles. The molecule has 0 saturated carbocycles. The molecule has 0 aromatic heterocycles. The number of carbonyl (C=O) groups excluding carboxylic acids is 1. The summed E-state index contributed by atoms with van der Waals surface area (Å²) < 4.78 is 51.8. The second-order valence-electron chi connectivity index (χ2n) is 5.26. The molecule has 21 heavy (non-hydrogen) atoms. The Morgan fingerprint density at radius 1 is 1.43 bits per heavy atom. The maximum atomic E-state index is 13.7. The topological polar surface area (TPSA) is 46.3 Å². The summed E-state index contributed by atoms with van der Waals surface area (Å²) in [5.74, 6) is -1.55. The highest BCUT2D eigenvalue weighted by molar-refractivity contribution is 5.95. The van der Waals surface area contributed by atoms with Gasteiger partial charge in [0, 0.05) is 19.1 Å². The molecule has 1 amide bonds. The van der Waals surface area contributed by atoms with Crippen LogP contribution in [0.25, 0.3) is 0 Å². The van der Waals surface area contributed by atoms with Gasteiger partial charge in [0.2, 0.25) is 0 Å². The van der Waals surface area contributed by atoms with Gasteiger partial charge < -0.3 is 10.6 Å². The maximum Gasteiger partial charge on any atom is 0.416 e. The highest BCUT2D eigenvalue weighted by atomic mass is 19.4. The van der Waals surface area contributed by atoms with Crippen LogP contribution in [0, 0.1) is 11.7 Å². The van der Waals surface area contributed by atoms with Crippen LogP contribution < -0.4 is 5.73 Å². The fourth-order valence-electron chi connectivity index (χ4n) is 2.64. The zero-order valence-electron chi connectivity index (χ0n) is 11.5. The predicted octanol–water partition coefficient (Wildman–Crippen LogP) is 2.65. The lowest BCUT2D eigenvalue weighted by Gasteiger charge is -2.26. The molecule has 1 aliphatic rings. The third-order valence-corrected chi connectivity index (χ3v) is 3.91. The van der Waals surface area contributed by atoms with Crippen LogP contribution in [0.1, 0.15) is 29.3 Å². The summed E-state index contributed by atoms with van der Waals surface area (Å²) >= 11 is 0. The molecule has 1 aromatic rings. The van der Waals surface area contributed by atoms with Crippen molar-refractivity contribution in [2.75, 3.05) is 13.1 Å². The molecule has 1 aromatic carbocycles. The summed E-state index contributed by atoms with van der Waals surface area (Å²) in [6.07, 6.45) is -3.91. The minimum absolute atomic E-state index is 0.146. The molecular weight excluding hydrogens is 288 g/mol. The molecule has 0 aliphatic carbocycles. The number of carbonyl (C=O) groups is 1. The lowest BCUT2D eigenvalue weighted by Crippen LogP contribution is -2.42. The van der Waals surface area contributed by atoms with Crippen LogP contribution in [-0.2, 0) is 6.18 Å². The van der Waals surface area contributed by atoms with Crippen LogP contribution in [-0.4, -0.2) is 29.9 Å². The van der Waals surface area contributed by atoms with Gasteiger partial charge in [-0.2, -0.15) is 13.2 Å². The quantitative estimate of drug-likeness (QED) is 0.854. The summed E-state index contributed by atoms with van der Waals surface area (Å²) in [6.45, 7) is 2.48. The third kappa shape index (κ3) is 3.02. The van der Waals surface area contributed by atoms with E-state index in [1.807, 2.05) is 6.92 Å². The summed E-state index contributed by atoms with van der Waals surface area (Å²) in [4.78, 5) is 13.7. The highest BCUT2D eigenvalue weighted by Crippen LogP contribution is 2.32. The minimum Gasteiger partial charge on any atom is -0.334 e. The molecule has 116 valence electrons. The predicted molar refractivity (Wildman–Crippen MR) is 69.1 cm³/mol. The SMILES string of the molecule is CC1CCN(C(=O)c2cc(C(F)(F)F)ccc2F)C1CN. The Bertz CT molecular complexity index is 544. The van der Waals surface area contributed by atoms with Crippen LogP contribution in [0.15, 0.2) is 18.2 Å². The first-order chi connectivity index (χ1) is 9.75. The minimum atomic E-state index is -4.62. The Kier molecular flexibility index (Phi) is 4.22. The summed E-state index contributed by atoms with van der Waals surface area (Å²) in [5.41, 5.74) is 4.00. The van der Waals surface area contributed by atoms with E-state index in [-0.39, 0.29) is 18.5 Å². The Morgan fingerprint density at radius 3 is 2.67 bits per heavy atom. The van der Waals surface area contributed by atoms with Gasteiger partial charge in [0.15, 0.2) is 0 Å². The molecule has 0 bridgehead atoms. The Balaban J connectivity index is 2.35. The second-order valence-corrected chi connectivity index (χ2v) is 5.26. The van der Waals surface area contributed by atoms with Crippen molar-refractivity contribution in [1.29, 1.82) is 0 Å². The van der Waals surface area contributed by atoms with Crippen molar-refractivity contribution in [3.63, 3.8) is 0 Å². The normalized spacial score (nSPS) is 22.7. The molecule has 2 atom stereocenters. The van der Waals surface area contributed by atoms with E-state index in [4.69, 9.17) is 5.73 Å². The summed E-state index contributed by atoms with van der Waals surface area (Å²) in [6, 6.07) is 1.59. The van der Waals surface area contributed by atoms with Gasteiger partial charge in [-0.25, -0.2) is 4.39 Å². The van der Waals surface area contributed by atoms with E-state index < -0.39 is 29.0 Å². The number of hydrogen-bond donors (Lipinski definition) is 1. The first kappa shape index (κ1) is 15.8. The standard InChI is InChI=1S/C14H16F4N2O/c1-8-4-5-20(12(8)7-19)13(21)10-6-9(14(16,17)18)2-3-11(10)15/h2-3,6,8,12H,4-5,7,19H2,1H3. The zero-order valence-corrected chi connectivity index (χ0v) is 11.5. The number of rotatable bonds is 2. The van der Waals surface area contributed by atoms with Crippen molar-refractivity contribution in [1.82, 2.24) is 4.90 Å². The maximum absolute atomic E-state index is 13.7. The molecular formula is C14H16F4N2O. The van der Waals surface area contributed by atoms with Gasteiger partial charge in [-0.3, -0.25) is 4.79 Å². The van der Waals surface area contributed by atoms with Crippen LogP contribution in [0.5, 0.6) is 0 Å². The number of nitrogens with zero attached hydrogens (tertiary/aromatic N) is 1. The first-order valence-electron chi connectivity index (χ1n) is 6.63. The molecule has 1 fully saturated rings. The number of alkyl halides is 3. The number of hydrogen-bond acceptors (Lipinski definition) is 2. The number of nitrogens with two attached hydrogens (primary N) is 1. The fourth-order valence-corrected chi connectivity index (χ4v) is 2.64. The highest BCUT2D eigenvalue weighted by Gasteiger charge is 2.36. The van der Waals surface area contributed by atoms with Crippen molar-refractivity contribution in [2.24, 2.45) is 11.7 Å². The molecule has 7 heteroatoms. The molecule has 1 aliphatic heterocycles. The van der Waals surface area contributed by atoms with E-state index in [2.05, 4.69) is 0 Å². The number of likely N-dealkylation sites (tertiary alicyclic amines) is 1. The van der Waals surface area contributed by atoms with Gasteiger partial charge in [-0.15, -0.1) is 0 Å². The lowest BCUT2D eigenvalue weighted by molar-refractivity contribution is -0.137. The molecule has 2 unspecified atom stereocenters.